The van der Waals surface area contributed by atoms with Crippen LogP contribution in [0.5, 0.6) is 5.75 Å². The number of rotatable bonds is 7. The largest absolute Gasteiger partial charge is 0.496 e. The Kier molecular flexibility index (Phi) is 6.47. The van der Waals surface area contributed by atoms with Crippen molar-refractivity contribution in [1.29, 1.82) is 5.26 Å². The van der Waals surface area contributed by atoms with Crippen molar-refractivity contribution < 1.29 is 10.6 Å². The molecule has 1 unspecified atom stereocenters. The van der Waals surface area contributed by atoms with Crippen LogP contribution in [0, 0.1) is 18.3 Å². The first-order chi connectivity index (χ1) is 16.4. The molecule has 0 aliphatic carbocycles. The van der Waals surface area contributed by atoms with Gasteiger partial charge in [-0.25, -0.2) is 4.98 Å². The summed E-state index contributed by atoms with van der Waals surface area (Å²) in [4.78, 5) is 21.2. The number of nitrogens with one attached hydrogen (secondary N) is 1. The number of methoxy groups -OCH3 is 1. The normalized spacial score (nSPS) is 11.7. The lowest BCUT2D eigenvalue weighted by Crippen LogP contribution is -2.21. The van der Waals surface area contributed by atoms with Gasteiger partial charge in [-0.1, -0.05) is 6.07 Å². The summed E-state index contributed by atoms with van der Waals surface area (Å²) in [7, 11) is 3.46. The van der Waals surface area contributed by atoms with Crippen LogP contribution in [-0.4, -0.2) is 38.9 Å². The maximum atomic E-state index is 12.1. The van der Waals surface area contributed by atoms with Gasteiger partial charge in [-0.3, -0.25) is 14.3 Å². The van der Waals surface area contributed by atoms with E-state index in [1.165, 1.54) is 10.6 Å². The van der Waals surface area contributed by atoms with Crippen molar-refractivity contribution in [1.82, 2.24) is 30.0 Å². The average Bonchev–Trinajstić information content (AvgIpc) is 3.34. The topological polar surface area (TPSA) is 132 Å². The van der Waals surface area contributed by atoms with Crippen molar-refractivity contribution in [3.05, 3.63) is 64.3 Å². The van der Waals surface area contributed by atoms with E-state index in [-0.39, 0.29) is 12.9 Å². The van der Waals surface area contributed by atoms with Gasteiger partial charge in [-0.2, -0.15) is 5.26 Å². The Balaban J connectivity index is 0.00000342. The van der Waals surface area contributed by atoms with E-state index < -0.39 is 6.04 Å². The molecule has 34 heavy (non-hydrogen) atoms. The molecule has 0 aliphatic heterocycles. The molecule has 1 aromatic carbocycles. The highest BCUT2D eigenvalue weighted by Gasteiger charge is 2.19. The smallest absolute Gasteiger partial charge is 0.268 e. The molecule has 0 saturated heterocycles. The third kappa shape index (κ3) is 4.42. The molecule has 3 aromatic heterocycles. The van der Waals surface area contributed by atoms with E-state index in [0.29, 0.717) is 46.4 Å². The van der Waals surface area contributed by atoms with Gasteiger partial charge in [0.1, 0.15) is 17.5 Å². The number of ether oxygens (including phenoxy) is 1. The van der Waals surface area contributed by atoms with Gasteiger partial charge in [0.2, 0.25) is 0 Å². The lowest BCUT2D eigenvalue weighted by molar-refractivity contribution is 0.413. The SMILES string of the molecule is CNCc1ccc(-c2nnc(-c3nc(-c4ccc(=O)n(C(C)C#N)c4)cnc3C)o2)c(OC)c1.[HH]. The zero-order chi connectivity index (χ0) is 24.2. The first-order valence-electron chi connectivity index (χ1n) is 10.6. The Bertz CT molecular complexity index is 1440. The number of pyridine rings is 1. The van der Waals surface area contributed by atoms with Crippen LogP contribution in [0.25, 0.3) is 34.3 Å². The second kappa shape index (κ2) is 9.64. The molecule has 1 N–H and O–H groups in total. The van der Waals surface area contributed by atoms with Gasteiger partial charge < -0.3 is 14.5 Å². The lowest BCUT2D eigenvalue weighted by Gasteiger charge is -2.10. The van der Waals surface area contributed by atoms with Crippen molar-refractivity contribution in [2.24, 2.45) is 0 Å². The van der Waals surface area contributed by atoms with Gasteiger partial charge in [0.05, 0.1) is 36.3 Å². The number of nitriles is 1. The van der Waals surface area contributed by atoms with Gasteiger partial charge >= 0.3 is 0 Å². The molecular weight excluding hydrogens is 434 g/mol. The Morgan fingerprint density at radius 1 is 1.26 bits per heavy atom. The minimum Gasteiger partial charge on any atom is -0.496 e. The second-order valence-corrected chi connectivity index (χ2v) is 7.63. The van der Waals surface area contributed by atoms with E-state index >= 15 is 0 Å². The van der Waals surface area contributed by atoms with Crippen molar-refractivity contribution in [3.63, 3.8) is 0 Å². The minimum atomic E-state index is -0.613. The summed E-state index contributed by atoms with van der Waals surface area (Å²) in [5.74, 6) is 1.13. The van der Waals surface area contributed by atoms with Gasteiger partial charge in [0, 0.05) is 25.8 Å². The Morgan fingerprint density at radius 2 is 2.06 bits per heavy atom. The predicted octanol–water partition coefficient (Wildman–Crippen LogP) is 3.39. The van der Waals surface area contributed by atoms with Crippen LogP contribution in [0.4, 0.5) is 0 Å². The monoisotopic (exact) mass is 459 g/mol. The maximum absolute atomic E-state index is 12.1. The third-order valence-electron chi connectivity index (χ3n) is 5.30. The predicted molar refractivity (Wildman–Crippen MR) is 127 cm³/mol. The molecule has 4 aromatic rings. The van der Waals surface area contributed by atoms with E-state index in [0.717, 1.165) is 5.56 Å². The molecule has 174 valence electrons. The van der Waals surface area contributed by atoms with Crippen LogP contribution in [0.1, 0.15) is 25.6 Å². The van der Waals surface area contributed by atoms with Gasteiger partial charge in [-0.05, 0) is 44.7 Å². The van der Waals surface area contributed by atoms with Crippen molar-refractivity contribution >= 4 is 0 Å². The minimum absolute atomic E-state index is 0. The highest BCUT2D eigenvalue weighted by molar-refractivity contribution is 5.66. The zero-order valence-corrected chi connectivity index (χ0v) is 19.2. The number of benzene rings is 1. The highest BCUT2D eigenvalue weighted by atomic mass is 16.5. The molecule has 1 atom stereocenters. The molecule has 0 fully saturated rings. The first kappa shape index (κ1) is 22.8. The van der Waals surface area contributed by atoms with Crippen LogP contribution in [0.3, 0.4) is 0 Å². The van der Waals surface area contributed by atoms with Crippen molar-refractivity contribution in [3.8, 4) is 46.1 Å². The summed E-state index contributed by atoms with van der Waals surface area (Å²) < 4.78 is 12.8. The second-order valence-electron chi connectivity index (χ2n) is 7.63. The molecule has 0 radical (unpaired) electrons. The maximum Gasteiger partial charge on any atom is 0.268 e. The molecule has 0 bridgehead atoms. The summed E-state index contributed by atoms with van der Waals surface area (Å²) in [6.45, 7) is 4.15. The molecule has 0 amide bonds. The molecule has 4 rings (SSSR count). The molecule has 10 heteroatoms. The summed E-state index contributed by atoms with van der Waals surface area (Å²) >= 11 is 0. The number of aromatic nitrogens is 5. The summed E-state index contributed by atoms with van der Waals surface area (Å²) in [6.07, 6.45) is 3.19. The fourth-order valence-electron chi connectivity index (χ4n) is 3.47. The fraction of sp³-hybridized carbons (Fsp3) is 0.250. The Morgan fingerprint density at radius 3 is 2.79 bits per heavy atom. The first-order valence-corrected chi connectivity index (χ1v) is 10.6. The average molecular weight is 460 g/mol. The van der Waals surface area contributed by atoms with Crippen LogP contribution in [0.2, 0.25) is 0 Å². The van der Waals surface area contributed by atoms with E-state index in [2.05, 4.69) is 31.6 Å². The van der Waals surface area contributed by atoms with Crippen molar-refractivity contribution in [2.45, 2.75) is 26.4 Å². The summed E-state index contributed by atoms with van der Waals surface area (Å²) in [6, 6.07) is 10.2. The van der Waals surface area contributed by atoms with Crippen LogP contribution in [0.15, 0.2) is 51.9 Å². The quantitative estimate of drug-likeness (QED) is 0.441. The van der Waals surface area contributed by atoms with E-state index in [4.69, 9.17) is 9.15 Å². The Labute approximate surface area is 197 Å². The molecule has 3 heterocycles. The highest BCUT2D eigenvalue weighted by Crippen LogP contribution is 2.32. The van der Waals surface area contributed by atoms with E-state index in [9.17, 15) is 10.1 Å². The fourth-order valence-corrected chi connectivity index (χ4v) is 3.47. The summed E-state index contributed by atoms with van der Waals surface area (Å²) in [5.41, 5.74) is 3.63. The molecular formula is C24H25N7O3. The van der Waals surface area contributed by atoms with E-state index in [1.807, 2.05) is 25.2 Å². The number of hydrogen-bond acceptors (Lipinski definition) is 9. The standard InChI is InChI=1S/C24H23N7O3.H2/c1-14(10-25)31-13-17(6-8-21(31)32)19-12-27-15(2)22(28-19)24-30-29-23(34-24)18-7-5-16(11-26-3)9-20(18)33-4;/h5-9,12-14,26H,11H2,1-4H3;1H. The van der Waals surface area contributed by atoms with Crippen LogP contribution < -0.4 is 15.6 Å². The summed E-state index contributed by atoms with van der Waals surface area (Å²) in [5, 5.41) is 20.7. The van der Waals surface area contributed by atoms with Gasteiger partial charge in [0.25, 0.3) is 17.3 Å². The lowest BCUT2D eigenvalue weighted by atomic mass is 10.1. The van der Waals surface area contributed by atoms with Crippen molar-refractivity contribution in [2.75, 3.05) is 14.2 Å². The molecule has 0 saturated carbocycles. The Hall–Kier alpha value is -4.36. The number of hydrogen-bond donors (Lipinski definition) is 1. The molecule has 0 aliphatic rings. The third-order valence-corrected chi connectivity index (χ3v) is 5.30. The van der Waals surface area contributed by atoms with Crippen LogP contribution >= 0.6 is 0 Å². The van der Waals surface area contributed by atoms with Gasteiger partial charge in [-0.15, -0.1) is 10.2 Å². The zero-order valence-electron chi connectivity index (χ0n) is 19.2. The van der Waals surface area contributed by atoms with E-state index in [1.54, 1.807) is 39.4 Å². The van der Waals surface area contributed by atoms with Gasteiger partial charge in [0.15, 0.2) is 0 Å². The molecule has 10 nitrogen and oxygen atoms in total. The number of nitrogens with zero attached hydrogens (tertiary/aromatic N) is 6. The number of aryl methyl sites for hydroxylation is 1. The van der Waals surface area contributed by atoms with Crippen LogP contribution in [-0.2, 0) is 6.54 Å². The molecule has 0 spiro atoms.